The van der Waals surface area contributed by atoms with Gasteiger partial charge < -0.3 is 15.0 Å². The van der Waals surface area contributed by atoms with Crippen molar-refractivity contribution in [1.29, 1.82) is 0 Å². The molecule has 0 atom stereocenters. The summed E-state index contributed by atoms with van der Waals surface area (Å²) in [6, 6.07) is 16.8. The Morgan fingerprint density at radius 1 is 1.14 bits per heavy atom. The van der Waals surface area contributed by atoms with Crippen molar-refractivity contribution in [1.82, 2.24) is 9.97 Å². The molecule has 0 spiro atoms. The van der Waals surface area contributed by atoms with E-state index < -0.39 is 5.97 Å². The second-order valence-corrected chi connectivity index (χ2v) is 6.46. The largest absolute Gasteiger partial charge is 0.465 e. The van der Waals surface area contributed by atoms with Gasteiger partial charge in [0.15, 0.2) is 0 Å². The third kappa shape index (κ3) is 4.40. The molecule has 3 aromatic rings. The molecule has 28 heavy (non-hydrogen) atoms. The molecule has 144 valence electrons. The van der Waals surface area contributed by atoms with Gasteiger partial charge in [-0.3, -0.25) is 0 Å². The van der Waals surface area contributed by atoms with Crippen LogP contribution in [0.2, 0.25) is 5.02 Å². The van der Waals surface area contributed by atoms with Crippen molar-refractivity contribution in [3.8, 4) is 0 Å². The van der Waals surface area contributed by atoms with Gasteiger partial charge in [0.05, 0.1) is 23.4 Å². The van der Waals surface area contributed by atoms with Crippen molar-refractivity contribution < 1.29 is 9.53 Å². The number of carbonyl (C=O) groups excluding carboxylic acids is 1. The topological polar surface area (TPSA) is 67.4 Å². The molecule has 0 aliphatic carbocycles. The Labute approximate surface area is 169 Å². The predicted molar refractivity (Wildman–Crippen MR) is 112 cm³/mol. The fraction of sp³-hybridized carbons (Fsp3) is 0.190. The summed E-state index contributed by atoms with van der Waals surface area (Å²) in [7, 11) is 1.34. The first-order valence-electron chi connectivity index (χ1n) is 8.85. The Balaban J connectivity index is 1.95. The Hall–Kier alpha value is -3.12. The molecule has 0 saturated carbocycles. The van der Waals surface area contributed by atoms with Gasteiger partial charge in [-0.05, 0) is 44.2 Å². The van der Waals surface area contributed by atoms with E-state index in [1.165, 1.54) is 7.11 Å². The molecule has 1 aromatic heterocycles. The molecule has 0 unspecified atom stereocenters. The van der Waals surface area contributed by atoms with Crippen LogP contribution in [0, 0.1) is 6.92 Å². The lowest BCUT2D eigenvalue weighted by Gasteiger charge is -2.23. The van der Waals surface area contributed by atoms with Gasteiger partial charge in [0.2, 0.25) is 0 Å². The van der Waals surface area contributed by atoms with Crippen LogP contribution in [-0.4, -0.2) is 29.6 Å². The number of aryl methyl sites for hydroxylation is 1. The highest BCUT2D eigenvalue weighted by molar-refractivity contribution is 6.33. The number of carbonyl (C=O) groups is 1. The predicted octanol–water partition coefficient (Wildman–Crippen LogP) is 5.13. The van der Waals surface area contributed by atoms with Crippen LogP contribution in [0.5, 0.6) is 0 Å². The number of hydrogen-bond acceptors (Lipinski definition) is 6. The van der Waals surface area contributed by atoms with Gasteiger partial charge in [0.1, 0.15) is 17.5 Å². The molecule has 0 radical (unpaired) electrons. The van der Waals surface area contributed by atoms with Crippen LogP contribution in [0.1, 0.15) is 23.1 Å². The van der Waals surface area contributed by atoms with E-state index in [4.69, 9.17) is 16.3 Å². The number of anilines is 4. The number of para-hydroxylation sites is 1. The lowest BCUT2D eigenvalue weighted by Crippen LogP contribution is -2.18. The number of esters is 1. The molecular weight excluding hydrogens is 376 g/mol. The Morgan fingerprint density at radius 2 is 1.89 bits per heavy atom. The van der Waals surface area contributed by atoms with E-state index in [-0.39, 0.29) is 0 Å². The number of rotatable bonds is 6. The van der Waals surface area contributed by atoms with Gasteiger partial charge >= 0.3 is 5.97 Å². The summed E-state index contributed by atoms with van der Waals surface area (Å²) < 4.78 is 4.77. The summed E-state index contributed by atoms with van der Waals surface area (Å²) in [4.78, 5) is 22.9. The van der Waals surface area contributed by atoms with E-state index in [9.17, 15) is 4.79 Å². The lowest BCUT2D eigenvalue weighted by atomic mass is 10.2. The number of ether oxygens (including phenoxy) is 1. The number of aromatic nitrogens is 2. The molecular formula is C21H21ClN4O2. The van der Waals surface area contributed by atoms with Crippen molar-refractivity contribution in [2.24, 2.45) is 0 Å². The number of methoxy groups -OCH3 is 1. The van der Waals surface area contributed by atoms with Crippen molar-refractivity contribution in [3.63, 3.8) is 0 Å². The number of nitrogens with one attached hydrogen (secondary N) is 1. The minimum atomic E-state index is -0.430. The van der Waals surface area contributed by atoms with E-state index in [1.807, 2.05) is 43.3 Å². The monoisotopic (exact) mass is 396 g/mol. The second kappa shape index (κ2) is 8.71. The Kier molecular flexibility index (Phi) is 6.11. The maximum absolute atomic E-state index is 11.8. The van der Waals surface area contributed by atoms with E-state index in [0.717, 1.165) is 18.1 Å². The molecule has 0 fully saturated rings. The standard InChI is InChI=1S/C21H21ClN4O2/c1-4-26(16-8-6-5-7-9-16)20-13-19(23-14(2)24-20)25-18-12-15(21(27)28-3)10-11-17(18)22/h5-13H,4H2,1-3H3,(H,23,24,25). The quantitative estimate of drug-likeness (QED) is 0.583. The van der Waals surface area contributed by atoms with Gasteiger partial charge in [0.25, 0.3) is 0 Å². The smallest absolute Gasteiger partial charge is 0.337 e. The maximum atomic E-state index is 11.8. The highest BCUT2D eigenvalue weighted by atomic mass is 35.5. The molecule has 0 aliphatic heterocycles. The molecule has 7 heteroatoms. The molecule has 0 amide bonds. The fourth-order valence-electron chi connectivity index (χ4n) is 2.84. The van der Waals surface area contributed by atoms with Gasteiger partial charge in [-0.25, -0.2) is 14.8 Å². The van der Waals surface area contributed by atoms with Crippen molar-refractivity contribution in [2.45, 2.75) is 13.8 Å². The number of halogens is 1. The SMILES string of the molecule is CCN(c1ccccc1)c1cc(Nc2cc(C(=O)OC)ccc2Cl)nc(C)n1. The average molecular weight is 397 g/mol. The summed E-state index contributed by atoms with van der Waals surface area (Å²) in [5.41, 5.74) is 2.01. The number of benzene rings is 2. The van der Waals surface area contributed by atoms with E-state index >= 15 is 0 Å². The summed E-state index contributed by atoms with van der Waals surface area (Å²) in [5.74, 6) is 1.54. The van der Waals surface area contributed by atoms with Gasteiger partial charge in [-0.2, -0.15) is 0 Å². The minimum Gasteiger partial charge on any atom is -0.465 e. The summed E-state index contributed by atoms with van der Waals surface area (Å²) >= 11 is 6.29. The van der Waals surface area contributed by atoms with Crippen molar-refractivity contribution in [2.75, 3.05) is 23.9 Å². The van der Waals surface area contributed by atoms with Crippen LogP contribution >= 0.6 is 11.6 Å². The molecule has 0 bridgehead atoms. The van der Waals surface area contributed by atoms with E-state index in [0.29, 0.717) is 27.9 Å². The van der Waals surface area contributed by atoms with Crippen molar-refractivity contribution in [3.05, 3.63) is 71.0 Å². The highest BCUT2D eigenvalue weighted by Gasteiger charge is 2.13. The van der Waals surface area contributed by atoms with Crippen LogP contribution in [0.3, 0.4) is 0 Å². The van der Waals surface area contributed by atoms with Crippen LogP contribution < -0.4 is 10.2 Å². The molecule has 3 rings (SSSR count). The lowest BCUT2D eigenvalue weighted by molar-refractivity contribution is 0.0601. The molecule has 2 aromatic carbocycles. The average Bonchev–Trinajstić information content (AvgIpc) is 2.70. The molecule has 0 aliphatic rings. The first-order chi connectivity index (χ1) is 13.5. The highest BCUT2D eigenvalue weighted by Crippen LogP contribution is 2.29. The summed E-state index contributed by atoms with van der Waals surface area (Å²) in [6.45, 7) is 4.65. The Bertz CT molecular complexity index is 979. The first-order valence-corrected chi connectivity index (χ1v) is 9.22. The van der Waals surface area contributed by atoms with Gasteiger partial charge in [-0.1, -0.05) is 29.8 Å². The molecule has 0 saturated heterocycles. The zero-order valence-corrected chi connectivity index (χ0v) is 16.7. The van der Waals surface area contributed by atoms with Gasteiger partial charge in [-0.15, -0.1) is 0 Å². The van der Waals surface area contributed by atoms with E-state index in [1.54, 1.807) is 18.2 Å². The minimum absolute atomic E-state index is 0.403. The van der Waals surface area contributed by atoms with Crippen molar-refractivity contribution >= 4 is 40.6 Å². The third-order valence-corrected chi connectivity index (χ3v) is 4.46. The van der Waals surface area contributed by atoms with Crippen LogP contribution in [0.25, 0.3) is 0 Å². The van der Waals surface area contributed by atoms with Gasteiger partial charge in [0, 0.05) is 18.3 Å². The molecule has 1 N–H and O–H groups in total. The maximum Gasteiger partial charge on any atom is 0.337 e. The van der Waals surface area contributed by atoms with Crippen LogP contribution in [0.15, 0.2) is 54.6 Å². The third-order valence-electron chi connectivity index (χ3n) is 4.14. The van der Waals surface area contributed by atoms with E-state index in [2.05, 4.69) is 27.1 Å². The summed E-state index contributed by atoms with van der Waals surface area (Å²) in [5, 5.41) is 3.66. The first kappa shape index (κ1) is 19.6. The number of nitrogens with zero attached hydrogens (tertiary/aromatic N) is 3. The van der Waals surface area contributed by atoms with Crippen LogP contribution in [-0.2, 0) is 4.74 Å². The summed E-state index contributed by atoms with van der Waals surface area (Å²) in [6.07, 6.45) is 0. The second-order valence-electron chi connectivity index (χ2n) is 6.05. The normalized spacial score (nSPS) is 10.4. The zero-order valence-electron chi connectivity index (χ0n) is 15.9. The molecule has 1 heterocycles. The van der Waals surface area contributed by atoms with Crippen LogP contribution in [0.4, 0.5) is 23.0 Å². The Morgan fingerprint density at radius 3 is 2.57 bits per heavy atom. The number of hydrogen-bond donors (Lipinski definition) is 1. The zero-order chi connectivity index (χ0) is 20.1. The molecule has 6 nitrogen and oxygen atoms in total. The fourth-order valence-corrected chi connectivity index (χ4v) is 3.01.